The van der Waals surface area contributed by atoms with E-state index in [4.69, 9.17) is 22.2 Å². The third-order valence-electron chi connectivity index (χ3n) is 7.93. The molecule has 5 atom stereocenters. The lowest BCUT2D eigenvalue weighted by Crippen LogP contribution is -2.40. The van der Waals surface area contributed by atoms with Crippen molar-refractivity contribution in [3.8, 4) is 0 Å². The van der Waals surface area contributed by atoms with Gasteiger partial charge in [0, 0.05) is 32.4 Å². The van der Waals surface area contributed by atoms with Crippen molar-refractivity contribution in [2.24, 2.45) is 0 Å². The topological polar surface area (TPSA) is 59.1 Å². The Bertz CT molecular complexity index is 1370. The number of hydrogen-bond donors (Lipinski definition) is 0. The van der Waals surface area contributed by atoms with Crippen LogP contribution >= 0.6 is 22.2 Å². The van der Waals surface area contributed by atoms with E-state index < -0.39 is 71.8 Å². The van der Waals surface area contributed by atoms with Crippen LogP contribution in [-0.2, 0) is 19.1 Å². The highest BCUT2D eigenvalue weighted by Gasteiger charge is 2.53. The largest absolute Gasteiger partial charge is 0.522 e. The van der Waals surface area contributed by atoms with Crippen LogP contribution in [0, 0.1) is 0 Å². The van der Waals surface area contributed by atoms with E-state index in [1.807, 2.05) is 24.3 Å². The van der Waals surface area contributed by atoms with Gasteiger partial charge in [0.25, 0.3) is 0 Å². The van der Waals surface area contributed by atoms with Crippen molar-refractivity contribution in [3.63, 3.8) is 0 Å². The molecule has 2 amide bonds. The predicted molar refractivity (Wildman–Crippen MR) is 221 cm³/mol. The number of halogens is 14. The number of alkyl halides is 12. The van der Waals surface area contributed by atoms with Crippen molar-refractivity contribution in [2.75, 3.05) is 44.5 Å². The molecule has 0 aromatic heterocycles. The van der Waals surface area contributed by atoms with E-state index in [0.717, 1.165) is 23.5 Å². The van der Waals surface area contributed by atoms with Gasteiger partial charge in [0.05, 0.1) is 24.8 Å². The SMILES string of the molecule is C.CC(F)(OCF)C(F)(F)F.CF.CN(C(=O)CC(=O)N(C)c1cccc([SiH](C)CC[SiH](C)Cl)c1)c1cccc([SiH](C)CC[SiH](C)Cl)c1.FC(F)(F)COC(F)(F)F. The maximum atomic E-state index is 13.0. The molecule has 0 heterocycles. The van der Waals surface area contributed by atoms with Gasteiger partial charge in [0.15, 0.2) is 13.5 Å². The summed E-state index contributed by atoms with van der Waals surface area (Å²) in [6.07, 6.45) is -15.5. The van der Waals surface area contributed by atoms with Gasteiger partial charge in [-0.2, -0.15) is 48.5 Å². The zero-order valence-electron chi connectivity index (χ0n) is 32.7. The standard InChI is InChI=1S/C25H40Cl2N2O2Si4.C4H5F5O.C3H2F6O.CH3F.CH4/c1-28(20-9-7-11-22(17-20)32(3)13-15-34(5)26)24(30)19-25(31)29(2)21-10-8-12-23(18-21)33(4)14-16-35(6)27;1-3(6,10-2-5)4(7,8)9;4-2(5,6)1-10-3(7,8)9;1-2;/h7-12,17-18,32-35H,13-16,19H2,1-6H3;2H2,1H3;1H2;1H3;1H4. The van der Waals surface area contributed by atoms with Crippen LogP contribution in [0.4, 0.5) is 64.1 Å². The van der Waals surface area contributed by atoms with E-state index in [1.54, 1.807) is 23.9 Å². The minimum Gasteiger partial charge on any atom is -0.315 e. The molecule has 6 nitrogen and oxygen atoms in total. The normalized spacial score (nSPS) is 14.5. The molecule has 338 valence electrons. The van der Waals surface area contributed by atoms with Crippen molar-refractivity contribution in [2.45, 2.75) is 95.7 Å². The minimum absolute atomic E-state index is 0. The highest BCUT2D eigenvalue weighted by molar-refractivity contribution is 7.07. The van der Waals surface area contributed by atoms with Crippen molar-refractivity contribution in [1.29, 1.82) is 0 Å². The lowest BCUT2D eigenvalue weighted by Gasteiger charge is -2.22. The molecule has 0 aliphatic heterocycles. The first-order chi connectivity index (χ1) is 26.0. The van der Waals surface area contributed by atoms with Crippen LogP contribution in [0.2, 0.25) is 50.4 Å². The molecule has 0 aliphatic rings. The molecule has 0 spiro atoms. The van der Waals surface area contributed by atoms with Crippen molar-refractivity contribution in [3.05, 3.63) is 48.5 Å². The summed E-state index contributed by atoms with van der Waals surface area (Å²) in [5.41, 5.74) is 1.69. The van der Waals surface area contributed by atoms with Gasteiger partial charge in [-0.15, -0.1) is 13.2 Å². The molecule has 0 bridgehead atoms. The average Bonchev–Trinajstić information content (AvgIpc) is 3.11. The number of carbonyl (C=O) groups is 2. The van der Waals surface area contributed by atoms with Crippen molar-refractivity contribution in [1.82, 2.24) is 0 Å². The molecule has 0 fully saturated rings. The molecule has 0 saturated carbocycles. The zero-order chi connectivity index (χ0) is 44.9. The number of benzene rings is 2. The highest BCUT2D eigenvalue weighted by Crippen LogP contribution is 2.34. The summed E-state index contributed by atoms with van der Waals surface area (Å²) in [5, 5.41) is 2.66. The summed E-state index contributed by atoms with van der Waals surface area (Å²) in [6.45, 7) is 5.02. The lowest BCUT2D eigenvalue weighted by atomic mass is 10.2. The molecular weight excluding hydrogens is 912 g/mol. The van der Waals surface area contributed by atoms with Crippen molar-refractivity contribution < 1.29 is 71.7 Å². The Kier molecular flexibility index (Phi) is 29.5. The van der Waals surface area contributed by atoms with Gasteiger partial charge in [0.1, 0.15) is 22.6 Å². The minimum atomic E-state index is -5.21. The van der Waals surface area contributed by atoms with Gasteiger partial charge in [-0.1, -0.05) is 80.3 Å². The second-order valence-electron chi connectivity index (χ2n) is 12.8. The first kappa shape index (κ1) is 60.2. The molecule has 24 heteroatoms. The first-order valence-electron chi connectivity index (χ1n) is 17.1. The molecule has 2 rings (SSSR count). The van der Waals surface area contributed by atoms with Gasteiger partial charge in [-0.25, -0.2) is 8.78 Å². The fourth-order valence-corrected chi connectivity index (χ4v) is 16.8. The number of carbonyl (C=O) groups excluding carboxylic acids is 2. The number of rotatable bonds is 15. The molecule has 2 aromatic rings. The van der Waals surface area contributed by atoms with Crippen LogP contribution in [0.5, 0.6) is 0 Å². The van der Waals surface area contributed by atoms with Gasteiger partial charge < -0.3 is 14.5 Å². The fourth-order valence-electron chi connectivity index (χ4n) is 4.38. The van der Waals surface area contributed by atoms with Gasteiger partial charge >= 0.3 is 24.6 Å². The Morgan fingerprint density at radius 2 is 1.03 bits per heavy atom. The lowest BCUT2D eigenvalue weighted by molar-refractivity contribution is -0.352. The molecule has 0 radical (unpaired) electrons. The van der Waals surface area contributed by atoms with Crippen LogP contribution in [0.25, 0.3) is 0 Å². The first-order valence-corrected chi connectivity index (χ1v) is 29.7. The Labute approximate surface area is 349 Å². The van der Waals surface area contributed by atoms with Crippen LogP contribution in [0.3, 0.4) is 0 Å². The molecule has 0 aliphatic carbocycles. The second kappa shape index (κ2) is 28.4. The molecule has 5 unspecified atom stereocenters. The van der Waals surface area contributed by atoms with Gasteiger partial charge in [0.2, 0.25) is 11.8 Å². The summed E-state index contributed by atoms with van der Waals surface area (Å²) < 4.78 is 138. The summed E-state index contributed by atoms with van der Waals surface area (Å²) >= 11 is 12.5. The van der Waals surface area contributed by atoms with Crippen LogP contribution < -0.4 is 20.2 Å². The van der Waals surface area contributed by atoms with E-state index >= 15 is 0 Å². The summed E-state index contributed by atoms with van der Waals surface area (Å²) in [4.78, 5) is 29.2. The number of ether oxygens (including phenoxy) is 2. The van der Waals surface area contributed by atoms with Gasteiger partial charge in [-0.05, 0) is 36.4 Å². The number of nitrogens with zero attached hydrogens (tertiary/aromatic N) is 2. The van der Waals surface area contributed by atoms with E-state index in [0.29, 0.717) is 7.18 Å². The quantitative estimate of drug-likeness (QED) is 0.0773. The summed E-state index contributed by atoms with van der Waals surface area (Å²) in [6, 6.07) is 21.1. The third-order valence-corrected chi connectivity index (χ3v) is 18.2. The molecule has 0 N–H and O–H groups in total. The Hall–Kier alpha value is -2.09. The van der Waals surface area contributed by atoms with E-state index in [2.05, 4.69) is 59.9 Å². The maximum absolute atomic E-state index is 13.0. The smallest absolute Gasteiger partial charge is 0.315 e. The molecule has 2 aromatic carbocycles. The van der Waals surface area contributed by atoms with Crippen LogP contribution in [0.1, 0.15) is 20.8 Å². The average molecular weight is 966 g/mol. The predicted octanol–water partition coefficient (Wildman–Crippen LogP) is 9.50. The highest BCUT2D eigenvalue weighted by atomic mass is 35.6. The summed E-state index contributed by atoms with van der Waals surface area (Å²) in [5.74, 6) is -4.29. The third kappa shape index (κ3) is 26.2. The monoisotopic (exact) mass is 964 g/mol. The Morgan fingerprint density at radius 3 is 1.28 bits per heavy atom. The van der Waals surface area contributed by atoms with E-state index in [1.165, 1.54) is 22.5 Å². The van der Waals surface area contributed by atoms with Crippen LogP contribution in [-0.4, -0.2) is 105 Å². The second-order valence-corrected chi connectivity index (χ2v) is 27.6. The number of hydrogen-bond acceptors (Lipinski definition) is 4. The Balaban J connectivity index is -0.00000108. The number of amides is 2. The van der Waals surface area contributed by atoms with Crippen molar-refractivity contribution >= 4 is 89.5 Å². The van der Waals surface area contributed by atoms with Crippen LogP contribution in [0.15, 0.2) is 48.5 Å². The maximum Gasteiger partial charge on any atom is 0.522 e. The molecule has 0 saturated heterocycles. The molecule has 58 heavy (non-hydrogen) atoms. The van der Waals surface area contributed by atoms with Gasteiger partial charge in [-0.3, -0.25) is 18.7 Å². The number of anilines is 2. The zero-order valence-corrected chi connectivity index (χ0v) is 38.8. The fraction of sp³-hybridized carbons (Fsp3) is 0.588. The molecular formula is C34H54Cl2F12N2O4Si4. The summed E-state index contributed by atoms with van der Waals surface area (Å²) in [7, 11) is -0.317. The van der Waals surface area contributed by atoms with E-state index in [-0.39, 0.29) is 32.6 Å². The van der Waals surface area contributed by atoms with E-state index in [9.17, 15) is 62.3 Å². The Morgan fingerprint density at radius 1 is 0.672 bits per heavy atom.